The van der Waals surface area contributed by atoms with Gasteiger partial charge in [-0.15, -0.1) is 0 Å². The molecule has 3 aromatic carbocycles. The molecular formula is C26H25NO3S. The van der Waals surface area contributed by atoms with Crippen molar-refractivity contribution in [3.8, 4) is 6.07 Å². The maximum atomic E-state index is 12.8. The van der Waals surface area contributed by atoms with Crippen molar-refractivity contribution in [1.82, 2.24) is 0 Å². The predicted molar refractivity (Wildman–Crippen MR) is 120 cm³/mol. The van der Waals surface area contributed by atoms with Gasteiger partial charge < -0.3 is 0 Å². The summed E-state index contributed by atoms with van der Waals surface area (Å²) in [5.74, 6) is -0.0551. The van der Waals surface area contributed by atoms with Crippen molar-refractivity contribution in [2.75, 3.05) is 0 Å². The maximum absolute atomic E-state index is 12.8. The molecule has 1 fully saturated rings. The number of benzene rings is 3. The molecule has 0 heterocycles. The Bertz CT molecular complexity index is 1130. The number of aryl methyl sites for hydroxylation is 1. The summed E-state index contributed by atoms with van der Waals surface area (Å²) in [5.41, 5.74) is 1.99. The van der Waals surface area contributed by atoms with Crippen LogP contribution in [-0.4, -0.2) is 14.5 Å². The molecule has 0 bridgehead atoms. The summed E-state index contributed by atoms with van der Waals surface area (Å²) in [6.45, 7) is 1.91. The van der Waals surface area contributed by atoms with Crippen LogP contribution >= 0.6 is 0 Å². The summed E-state index contributed by atoms with van der Waals surface area (Å²) >= 11 is 0. The predicted octanol–water partition coefficient (Wildman–Crippen LogP) is 5.38. The van der Waals surface area contributed by atoms with Crippen molar-refractivity contribution in [2.24, 2.45) is 5.92 Å². The van der Waals surface area contributed by atoms with Gasteiger partial charge in [-0.1, -0.05) is 78.4 Å². The van der Waals surface area contributed by atoms with Gasteiger partial charge in [0.2, 0.25) is 0 Å². The second kappa shape index (κ2) is 8.66. The molecule has 1 aliphatic carbocycles. The van der Waals surface area contributed by atoms with E-state index in [4.69, 9.17) is 4.18 Å². The van der Waals surface area contributed by atoms with E-state index >= 15 is 0 Å². The largest absolute Gasteiger partial charge is 0.297 e. The highest BCUT2D eigenvalue weighted by Gasteiger charge is 2.47. The minimum Gasteiger partial charge on any atom is -0.263 e. The molecule has 0 aliphatic heterocycles. The van der Waals surface area contributed by atoms with Crippen LogP contribution in [0.5, 0.6) is 0 Å². The van der Waals surface area contributed by atoms with Gasteiger partial charge in [0.15, 0.2) is 0 Å². The van der Waals surface area contributed by atoms with E-state index in [1.165, 1.54) is 0 Å². The third-order valence-corrected chi connectivity index (χ3v) is 7.58. The maximum Gasteiger partial charge on any atom is 0.297 e. The van der Waals surface area contributed by atoms with Crippen LogP contribution in [0.2, 0.25) is 0 Å². The quantitative estimate of drug-likeness (QED) is 0.492. The summed E-state index contributed by atoms with van der Waals surface area (Å²) in [4.78, 5) is 0.166. The summed E-state index contributed by atoms with van der Waals surface area (Å²) < 4.78 is 31.2. The van der Waals surface area contributed by atoms with Crippen molar-refractivity contribution in [2.45, 2.75) is 42.6 Å². The first-order valence-corrected chi connectivity index (χ1v) is 11.9. The number of hydrogen-bond acceptors (Lipinski definition) is 4. The Morgan fingerprint density at radius 1 is 0.871 bits per heavy atom. The van der Waals surface area contributed by atoms with Crippen LogP contribution in [-0.2, 0) is 19.7 Å². The minimum absolute atomic E-state index is 0.0551. The molecule has 5 heteroatoms. The van der Waals surface area contributed by atoms with Gasteiger partial charge in [-0.05, 0) is 55.4 Å². The molecule has 0 amide bonds. The van der Waals surface area contributed by atoms with E-state index in [1.807, 2.05) is 67.6 Å². The monoisotopic (exact) mass is 431 g/mol. The SMILES string of the molecule is Cc1ccc(S(=O)(=O)O[C@H]2CC[C@H](C(C#N)(c3ccccc3)c3ccccc3)C2)cc1. The van der Waals surface area contributed by atoms with E-state index in [0.29, 0.717) is 19.3 Å². The Labute approximate surface area is 184 Å². The van der Waals surface area contributed by atoms with Gasteiger partial charge in [-0.2, -0.15) is 13.7 Å². The molecule has 4 rings (SSSR count). The van der Waals surface area contributed by atoms with Crippen molar-refractivity contribution in [3.63, 3.8) is 0 Å². The zero-order valence-electron chi connectivity index (χ0n) is 17.4. The van der Waals surface area contributed by atoms with E-state index < -0.39 is 21.6 Å². The average molecular weight is 432 g/mol. The van der Waals surface area contributed by atoms with Crippen LogP contribution in [0.1, 0.15) is 36.0 Å². The van der Waals surface area contributed by atoms with E-state index in [1.54, 1.807) is 24.3 Å². The zero-order chi connectivity index (χ0) is 21.9. The summed E-state index contributed by atoms with van der Waals surface area (Å²) in [7, 11) is -3.85. The minimum atomic E-state index is -3.85. The third-order valence-electron chi connectivity index (χ3n) is 6.20. The number of nitriles is 1. The van der Waals surface area contributed by atoms with Gasteiger partial charge in [0, 0.05) is 0 Å². The van der Waals surface area contributed by atoms with E-state index in [9.17, 15) is 13.7 Å². The van der Waals surface area contributed by atoms with Crippen LogP contribution in [0, 0.1) is 24.2 Å². The van der Waals surface area contributed by atoms with Crippen LogP contribution in [0.4, 0.5) is 0 Å². The molecule has 0 spiro atoms. The van der Waals surface area contributed by atoms with Gasteiger partial charge in [-0.3, -0.25) is 4.18 Å². The molecule has 0 saturated heterocycles. The molecule has 1 saturated carbocycles. The van der Waals surface area contributed by atoms with E-state index in [-0.39, 0.29) is 10.8 Å². The van der Waals surface area contributed by atoms with Crippen LogP contribution in [0.3, 0.4) is 0 Å². The lowest BCUT2D eigenvalue weighted by Gasteiger charge is -2.34. The average Bonchev–Trinajstić information content (AvgIpc) is 3.24. The van der Waals surface area contributed by atoms with Crippen LogP contribution in [0.15, 0.2) is 89.8 Å². The fourth-order valence-electron chi connectivity index (χ4n) is 4.62. The fraction of sp³-hybridized carbons (Fsp3) is 0.269. The Kier molecular flexibility index (Phi) is 5.95. The Hall–Kier alpha value is -2.94. The van der Waals surface area contributed by atoms with E-state index in [0.717, 1.165) is 16.7 Å². The first-order valence-electron chi connectivity index (χ1n) is 10.5. The second-order valence-electron chi connectivity index (χ2n) is 8.15. The Morgan fingerprint density at radius 2 is 1.42 bits per heavy atom. The molecule has 0 N–H and O–H groups in total. The first kappa shape index (κ1) is 21.3. The summed E-state index contributed by atoms with van der Waals surface area (Å²) in [6.07, 6.45) is 1.36. The van der Waals surface area contributed by atoms with Gasteiger partial charge in [0.05, 0.1) is 17.1 Å². The lowest BCUT2D eigenvalue weighted by molar-refractivity contribution is 0.206. The zero-order valence-corrected chi connectivity index (χ0v) is 18.3. The van der Waals surface area contributed by atoms with Crippen molar-refractivity contribution < 1.29 is 12.6 Å². The highest BCUT2D eigenvalue weighted by Crippen LogP contribution is 2.47. The van der Waals surface area contributed by atoms with E-state index in [2.05, 4.69) is 6.07 Å². The molecule has 3 aromatic rings. The molecule has 0 radical (unpaired) electrons. The molecule has 0 aromatic heterocycles. The summed E-state index contributed by atoms with van der Waals surface area (Å²) in [6, 6.07) is 28.8. The first-order chi connectivity index (χ1) is 15.0. The topological polar surface area (TPSA) is 67.2 Å². The van der Waals surface area contributed by atoms with Crippen molar-refractivity contribution >= 4 is 10.1 Å². The fourth-order valence-corrected chi connectivity index (χ4v) is 5.73. The molecule has 31 heavy (non-hydrogen) atoms. The number of rotatable bonds is 6. The van der Waals surface area contributed by atoms with Gasteiger partial charge in [0.1, 0.15) is 5.41 Å². The third kappa shape index (κ3) is 4.14. The smallest absolute Gasteiger partial charge is 0.263 e. The summed E-state index contributed by atoms with van der Waals surface area (Å²) in [5, 5.41) is 10.5. The molecular weight excluding hydrogens is 406 g/mol. The van der Waals surface area contributed by atoms with Crippen molar-refractivity contribution in [3.05, 3.63) is 102 Å². The van der Waals surface area contributed by atoms with Gasteiger partial charge in [0.25, 0.3) is 10.1 Å². The van der Waals surface area contributed by atoms with Crippen LogP contribution < -0.4 is 0 Å². The van der Waals surface area contributed by atoms with Crippen molar-refractivity contribution in [1.29, 1.82) is 5.26 Å². The second-order valence-corrected chi connectivity index (χ2v) is 9.72. The molecule has 1 aliphatic rings. The highest BCUT2D eigenvalue weighted by molar-refractivity contribution is 7.86. The number of hydrogen-bond donors (Lipinski definition) is 0. The lowest BCUT2D eigenvalue weighted by atomic mass is 9.66. The van der Waals surface area contributed by atoms with Crippen LogP contribution in [0.25, 0.3) is 0 Å². The molecule has 158 valence electrons. The van der Waals surface area contributed by atoms with Gasteiger partial charge >= 0.3 is 0 Å². The molecule has 4 nitrogen and oxygen atoms in total. The normalized spacial score (nSPS) is 19.1. The molecule has 0 unspecified atom stereocenters. The standard InChI is InChI=1S/C26H25NO3S/c1-20-12-16-25(17-13-20)31(28,29)30-24-15-14-23(18-24)26(19-27,21-8-4-2-5-9-21)22-10-6-3-7-11-22/h2-13,16-17,23-24H,14-15,18H2,1H3/t23-,24-/m0/s1. The van der Waals surface area contributed by atoms with Gasteiger partial charge in [-0.25, -0.2) is 0 Å². The molecule has 2 atom stereocenters. The Morgan fingerprint density at radius 3 is 1.94 bits per heavy atom. The number of nitrogens with zero attached hydrogens (tertiary/aromatic N) is 1. The lowest BCUT2D eigenvalue weighted by Crippen LogP contribution is -2.34. The Balaban J connectivity index is 1.64. The highest BCUT2D eigenvalue weighted by atomic mass is 32.2.